The zero-order valence-corrected chi connectivity index (χ0v) is 18.3. The molecular weight excluding hydrogens is 414 g/mol. The predicted molar refractivity (Wildman–Crippen MR) is 116 cm³/mol. The number of aromatic amines is 1. The van der Waals surface area contributed by atoms with E-state index in [0.717, 1.165) is 30.5 Å². The van der Waals surface area contributed by atoms with Crippen LogP contribution in [-0.2, 0) is 16.0 Å². The Morgan fingerprint density at radius 1 is 1.34 bits per heavy atom. The SMILES string of the molecule is COc1cc(CC(=O)Nc2cc(C3CCC(CO[C@@H]4CN(C(=O)O)[C@H]4C)C3)[nH]n2)ccn1. The molecule has 10 heteroatoms. The third-order valence-electron chi connectivity index (χ3n) is 6.42. The number of aromatic nitrogens is 3. The molecule has 3 heterocycles. The molecule has 10 nitrogen and oxygen atoms in total. The molecule has 2 unspecified atom stereocenters. The van der Waals surface area contributed by atoms with Crippen LogP contribution in [0.4, 0.5) is 10.6 Å². The Hall–Kier alpha value is -3.14. The smallest absolute Gasteiger partial charge is 0.407 e. The predicted octanol–water partition coefficient (Wildman–Crippen LogP) is 2.65. The van der Waals surface area contributed by atoms with Gasteiger partial charge in [0.1, 0.15) is 0 Å². The molecule has 32 heavy (non-hydrogen) atoms. The number of pyridine rings is 1. The molecule has 3 N–H and O–H groups in total. The number of hydrogen-bond acceptors (Lipinski definition) is 6. The van der Waals surface area contributed by atoms with E-state index in [1.54, 1.807) is 18.3 Å². The molecule has 2 fully saturated rings. The molecule has 1 saturated heterocycles. The Morgan fingerprint density at radius 3 is 2.94 bits per heavy atom. The summed E-state index contributed by atoms with van der Waals surface area (Å²) < 4.78 is 11.1. The van der Waals surface area contributed by atoms with E-state index in [1.807, 2.05) is 13.0 Å². The zero-order chi connectivity index (χ0) is 22.7. The standard InChI is InChI=1S/C22H29N5O5/c1-13-18(11-27(13)22(29)30)32-12-15-3-4-16(7-15)17-10-19(26-25-17)24-20(28)8-14-5-6-23-21(9-14)31-2/h5-6,9-10,13,15-16,18H,3-4,7-8,11-12H2,1-2H3,(H,29,30)(H2,24,25,26,28)/t13-,15?,16?,18+/m0/s1. The van der Waals surface area contributed by atoms with Crippen molar-refractivity contribution < 1.29 is 24.2 Å². The number of carboxylic acid groups (broad SMARTS) is 1. The first-order valence-corrected chi connectivity index (χ1v) is 10.9. The number of amides is 2. The lowest BCUT2D eigenvalue weighted by Gasteiger charge is -2.44. The zero-order valence-electron chi connectivity index (χ0n) is 18.3. The molecule has 2 amide bonds. The summed E-state index contributed by atoms with van der Waals surface area (Å²) in [6.45, 7) is 2.97. The van der Waals surface area contributed by atoms with Crippen LogP contribution in [0.15, 0.2) is 24.4 Å². The monoisotopic (exact) mass is 443 g/mol. The second kappa shape index (κ2) is 9.56. The van der Waals surface area contributed by atoms with Gasteiger partial charge in [-0.1, -0.05) is 0 Å². The molecule has 2 aliphatic rings. The third-order valence-corrected chi connectivity index (χ3v) is 6.42. The lowest BCUT2D eigenvalue weighted by atomic mass is 10.0. The van der Waals surface area contributed by atoms with Gasteiger partial charge in [0.2, 0.25) is 11.8 Å². The van der Waals surface area contributed by atoms with Crippen molar-refractivity contribution in [1.82, 2.24) is 20.1 Å². The van der Waals surface area contributed by atoms with Crippen LogP contribution in [0, 0.1) is 5.92 Å². The molecule has 1 saturated carbocycles. The molecule has 0 bridgehead atoms. The Bertz CT molecular complexity index is 964. The molecule has 0 spiro atoms. The lowest BCUT2D eigenvalue weighted by molar-refractivity contribution is -0.115. The van der Waals surface area contributed by atoms with E-state index in [2.05, 4.69) is 20.5 Å². The fraction of sp³-hybridized carbons (Fsp3) is 0.545. The van der Waals surface area contributed by atoms with Crippen LogP contribution >= 0.6 is 0 Å². The second-order valence-electron chi connectivity index (χ2n) is 8.56. The van der Waals surface area contributed by atoms with Gasteiger partial charge in [-0.3, -0.25) is 9.89 Å². The highest BCUT2D eigenvalue weighted by atomic mass is 16.5. The summed E-state index contributed by atoms with van der Waals surface area (Å²) in [6.07, 6.45) is 3.99. The van der Waals surface area contributed by atoms with Crippen molar-refractivity contribution in [3.63, 3.8) is 0 Å². The highest BCUT2D eigenvalue weighted by Crippen LogP contribution is 2.38. The van der Waals surface area contributed by atoms with Gasteiger partial charge in [0, 0.05) is 36.5 Å². The van der Waals surface area contributed by atoms with Crippen LogP contribution in [0.2, 0.25) is 0 Å². The number of likely N-dealkylation sites (tertiary alicyclic amines) is 1. The maximum atomic E-state index is 12.4. The first-order valence-electron chi connectivity index (χ1n) is 10.9. The summed E-state index contributed by atoms with van der Waals surface area (Å²) in [4.78, 5) is 28.8. The molecule has 2 aromatic heterocycles. The van der Waals surface area contributed by atoms with Crippen LogP contribution in [0.1, 0.15) is 43.4 Å². The Morgan fingerprint density at radius 2 is 2.19 bits per heavy atom. The van der Waals surface area contributed by atoms with Crippen LogP contribution in [0.5, 0.6) is 5.88 Å². The van der Waals surface area contributed by atoms with Gasteiger partial charge in [0.25, 0.3) is 0 Å². The maximum absolute atomic E-state index is 12.4. The van der Waals surface area contributed by atoms with Crippen molar-refractivity contribution in [3.05, 3.63) is 35.7 Å². The Balaban J connectivity index is 1.22. The number of H-pyrrole nitrogens is 1. The summed E-state index contributed by atoms with van der Waals surface area (Å²) >= 11 is 0. The average Bonchev–Trinajstić information content (AvgIpc) is 3.42. The van der Waals surface area contributed by atoms with E-state index in [4.69, 9.17) is 14.6 Å². The van der Waals surface area contributed by atoms with Crippen LogP contribution in [-0.4, -0.2) is 69.6 Å². The number of carbonyl (C=O) groups excluding carboxylic acids is 1. The lowest BCUT2D eigenvalue weighted by Crippen LogP contribution is -2.61. The normalized spacial score (nSPS) is 24.8. The van der Waals surface area contributed by atoms with E-state index in [9.17, 15) is 9.59 Å². The van der Waals surface area contributed by atoms with E-state index in [-0.39, 0.29) is 24.5 Å². The van der Waals surface area contributed by atoms with Crippen LogP contribution in [0.3, 0.4) is 0 Å². The molecular formula is C22H29N5O5. The van der Waals surface area contributed by atoms with Crippen molar-refractivity contribution in [2.45, 2.75) is 50.7 Å². The maximum Gasteiger partial charge on any atom is 0.407 e. The van der Waals surface area contributed by atoms with Gasteiger partial charge in [0.15, 0.2) is 5.82 Å². The summed E-state index contributed by atoms with van der Waals surface area (Å²) in [7, 11) is 1.54. The molecule has 172 valence electrons. The average molecular weight is 444 g/mol. The molecule has 0 aromatic carbocycles. The number of methoxy groups -OCH3 is 1. The molecule has 1 aliphatic carbocycles. The van der Waals surface area contributed by atoms with Gasteiger partial charge < -0.3 is 24.8 Å². The molecule has 2 aromatic rings. The van der Waals surface area contributed by atoms with E-state index in [1.165, 1.54) is 12.0 Å². The number of anilines is 1. The van der Waals surface area contributed by atoms with Gasteiger partial charge >= 0.3 is 6.09 Å². The van der Waals surface area contributed by atoms with Crippen LogP contribution < -0.4 is 10.1 Å². The Kier molecular flexibility index (Phi) is 6.59. The summed E-state index contributed by atoms with van der Waals surface area (Å²) in [5.74, 6) is 1.62. The van der Waals surface area contributed by atoms with E-state index >= 15 is 0 Å². The summed E-state index contributed by atoms with van der Waals surface area (Å²) in [6, 6.07) is 5.33. The fourth-order valence-electron chi connectivity index (χ4n) is 4.44. The number of nitrogens with one attached hydrogen (secondary N) is 2. The quantitative estimate of drug-likeness (QED) is 0.572. The van der Waals surface area contributed by atoms with E-state index in [0.29, 0.717) is 36.7 Å². The van der Waals surface area contributed by atoms with Crippen LogP contribution in [0.25, 0.3) is 0 Å². The minimum atomic E-state index is -0.888. The molecule has 4 rings (SSSR count). The fourth-order valence-corrected chi connectivity index (χ4v) is 4.44. The van der Waals surface area contributed by atoms with Crippen molar-refractivity contribution in [2.24, 2.45) is 5.92 Å². The van der Waals surface area contributed by atoms with Gasteiger partial charge in [0.05, 0.1) is 32.2 Å². The molecule has 1 aliphatic heterocycles. The Labute approximate surface area is 186 Å². The van der Waals surface area contributed by atoms with Gasteiger partial charge in [-0.2, -0.15) is 5.10 Å². The molecule has 4 atom stereocenters. The first kappa shape index (κ1) is 22.1. The first-order chi connectivity index (χ1) is 15.4. The van der Waals surface area contributed by atoms with Crippen molar-refractivity contribution in [2.75, 3.05) is 25.6 Å². The summed E-state index contributed by atoms with van der Waals surface area (Å²) in [5.41, 5.74) is 1.83. The third kappa shape index (κ3) is 5.01. The largest absolute Gasteiger partial charge is 0.481 e. The van der Waals surface area contributed by atoms with Crippen molar-refractivity contribution >= 4 is 17.8 Å². The van der Waals surface area contributed by atoms with Crippen molar-refractivity contribution in [1.29, 1.82) is 0 Å². The minimum Gasteiger partial charge on any atom is -0.481 e. The van der Waals surface area contributed by atoms with Gasteiger partial charge in [-0.15, -0.1) is 0 Å². The second-order valence-corrected chi connectivity index (χ2v) is 8.56. The topological polar surface area (TPSA) is 130 Å². The van der Waals surface area contributed by atoms with Gasteiger partial charge in [-0.05, 0) is 43.7 Å². The number of nitrogens with zero attached hydrogens (tertiary/aromatic N) is 3. The number of hydrogen-bond donors (Lipinski definition) is 3. The number of ether oxygens (including phenoxy) is 2. The highest BCUT2D eigenvalue weighted by molar-refractivity contribution is 5.91. The van der Waals surface area contributed by atoms with Gasteiger partial charge in [-0.25, -0.2) is 9.78 Å². The number of carbonyl (C=O) groups is 2. The number of rotatable bonds is 8. The minimum absolute atomic E-state index is 0.0144. The summed E-state index contributed by atoms with van der Waals surface area (Å²) in [5, 5.41) is 19.2. The van der Waals surface area contributed by atoms with Crippen molar-refractivity contribution in [3.8, 4) is 5.88 Å². The van der Waals surface area contributed by atoms with E-state index < -0.39 is 6.09 Å². The molecule has 0 radical (unpaired) electrons. The highest BCUT2D eigenvalue weighted by Gasteiger charge is 2.40.